The van der Waals surface area contributed by atoms with E-state index in [0.717, 1.165) is 51.1 Å². The SMILES string of the molecule is c1cncc(OC[C@@H]2CN(CC3CCOCC3)Cc3cncn3C2)c1. The zero-order valence-corrected chi connectivity index (χ0v) is 14.6. The number of imidazole rings is 1. The van der Waals surface area contributed by atoms with Gasteiger partial charge >= 0.3 is 0 Å². The van der Waals surface area contributed by atoms with Crippen molar-refractivity contribution < 1.29 is 9.47 Å². The number of hydrogen-bond acceptors (Lipinski definition) is 5. The van der Waals surface area contributed by atoms with Crippen LogP contribution in [0.3, 0.4) is 0 Å². The van der Waals surface area contributed by atoms with Crippen LogP contribution >= 0.6 is 0 Å². The predicted octanol–water partition coefficient (Wildman–Crippen LogP) is 2.22. The van der Waals surface area contributed by atoms with E-state index in [1.807, 2.05) is 24.7 Å². The molecule has 0 amide bonds. The highest BCUT2D eigenvalue weighted by Gasteiger charge is 2.25. The molecule has 0 aromatic carbocycles. The molecule has 2 aliphatic heterocycles. The van der Waals surface area contributed by atoms with Crippen LogP contribution in [0.5, 0.6) is 5.75 Å². The molecule has 6 heteroatoms. The average molecular weight is 342 g/mol. The van der Waals surface area contributed by atoms with E-state index in [4.69, 9.17) is 9.47 Å². The second kappa shape index (κ2) is 7.97. The van der Waals surface area contributed by atoms with Gasteiger partial charge in [-0.05, 0) is 30.9 Å². The van der Waals surface area contributed by atoms with Crippen LogP contribution in [0.15, 0.2) is 37.1 Å². The maximum Gasteiger partial charge on any atom is 0.137 e. The van der Waals surface area contributed by atoms with Crippen molar-refractivity contribution in [2.75, 3.05) is 32.9 Å². The van der Waals surface area contributed by atoms with Gasteiger partial charge in [0.1, 0.15) is 5.75 Å². The lowest BCUT2D eigenvalue weighted by molar-refractivity contribution is 0.0479. The van der Waals surface area contributed by atoms with Gasteiger partial charge in [0, 0.05) is 57.7 Å². The zero-order valence-electron chi connectivity index (χ0n) is 14.6. The van der Waals surface area contributed by atoms with Crippen molar-refractivity contribution in [2.45, 2.75) is 25.9 Å². The molecule has 6 nitrogen and oxygen atoms in total. The molecular formula is C19H26N4O2. The predicted molar refractivity (Wildman–Crippen MR) is 94.3 cm³/mol. The first-order valence-corrected chi connectivity index (χ1v) is 9.19. The molecule has 2 aromatic rings. The van der Waals surface area contributed by atoms with Crippen LogP contribution in [0.2, 0.25) is 0 Å². The average Bonchev–Trinajstić information content (AvgIpc) is 3.01. The maximum atomic E-state index is 5.99. The highest BCUT2D eigenvalue weighted by atomic mass is 16.5. The van der Waals surface area contributed by atoms with Gasteiger partial charge in [0.25, 0.3) is 0 Å². The van der Waals surface area contributed by atoms with Crippen molar-refractivity contribution in [3.05, 3.63) is 42.7 Å². The van der Waals surface area contributed by atoms with Crippen LogP contribution in [0.4, 0.5) is 0 Å². The summed E-state index contributed by atoms with van der Waals surface area (Å²) >= 11 is 0. The molecule has 1 atom stereocenters. The number of ether oxygens (including phenoxy) is 2. The highest BCUT2D eigenvalue weighted by Crippen LogP contribution is 2.22. The molecule has 0 saturated carbocycles. The lowest BCUT2D eigenvalue weighted by Gasteiger charge is -2.30. The Balaban J connectivity index is 1.41. The van der Waals surface area contributed by atoms with Crippen molar-refractivity contribution in [3.63, 3.8) is 0 Å². The molecule has 2 aromatic heterocycles. The molecule has 2 aliphatic rings. The van der Waals surface area contributed by atoms with Crippen molar-refractivity contribution in [3.8, 4) is 5.75 Å². The van der Waals surface area contributed by atoms with Gasteiger partial charge in [-0.15, -0.1) is 0 Å². The van der Waals surface area contributed by atoms with E-state index in [-0.39, 0.29) is 0 Å². The Kier molecular flexibility index (Phi) is 5.28. The van der Waals surface area contributed by atoms with Gasteiger partial charge in [-0.2, -0.15) is 0 Å². The number of aromatic nitrogens is 3. The smallest absolute Gasteiger partial charge is 0.137 e. The molecule has 4 rings (SSSR count). The molecule has 134 valence electrons. The molecule has 0 bridgehead atoms. The second-order valence-corrected chi connectivity index (χ2v) is 7.15. The molecule has 1 fully saturated rings. The molecule has 0 aliphatic carbocycles. The Morgan fingerprint density at radius 3 is 2.88 bits per heavy atom. The monoisotopic (exact) mass is 342 g/mol. The minimum Gasteiger partial charge on any atom is -0.492 e. The van der Waals surface area contributed by atoms with Gasteiger partial charge in [0.2, 0.25) is 0 Å². The lowest BCUT2D eigenvalue weighted by Crippen LogP contribution is -2.36. The van der Waals surface area contributed by atoms with E-state index in [0.29, 0.717) is 12.5 Å². The highest BCUT2D eigenvalue weighted by molar-refractivity contribution is 5.15. The standard InChI is InChI=1S/C19H26N4O2/c1-2-19(9-20-5-1)25-14-17-11-22(10-16-3-6-24-7-4-16)13-18-8-21-15-23(18)12-17/h1-2,5,8-9,15-17H,3-4,6-7,10-14H2/t17-/m1/s1. The number of hydrogen-bond donors (Lipinski definition) is 0. The minimum absolute atomic E-state index is 0.440. The Labute approximate surface area is 148 Å². The van der Waals surface area contributed by atoms with E-state index < -0.39 is 0 Å². The van der Waals surface area contributed by atoms with Crippen LogP contribution in [0, 0.1) is 11.8 Å². The second-order valence-electron chi connectivity index (χ2n) is 7.15. The van der Waals surface area contributed by atoms with Crippen LogP contribution in [0.25, 0.3) is 0 Å². The normalized spacial score (nSPS) is 22.3. The van der Waals surface area contributed by atoms with Crippen LogP contribution in [0.1, 0.15) is 18.5 Å². The van der Waals surface area contributed by atoms with Crippen LogP contribution in [-0.4, -0.2) is 52.3 Å². The quantitative estimate of drug-likeness (QED) is 0.834. The van der Waals surface area contributed by atoms with E-state index in [2.05, 4.69) is 19.4 Å². The Morgan fingerprint density at radius 2 is 2.04 bits per heavy atom. The summed E-state index contributed by atoms with van der Waals surface area (Å²) in [5.41, 5.74) is 1.30. The number of fused-ring (bicyclic) bond motifs is 1. The van der Waals surface area contributed by atoms with E-state index >= 15 is 0 Å². The minimum atomic E-state index is 0.440. The van der Waals surface area contributed by atoms with Gasteiger partial charge in [0.05, 0.1) is 24.8 Å². The van der Waals surface area contributed by atoms with Gasteiger partial charge in [-0.3, -0.25) is 9.88 Å². The molecule has 0 radical (unpaired) electrons. The number of pyridine rings is 1. The van der Waals surface area contributed by atoms with E-state index in [1.54, 1.807) is 12.4 Å². The summed E-state index contributed by atoms with van der Waals surface area (Å²) in [5, 5.41) is 0. The molecule has 1 saturated heterocycles. The van der Waals surface area contributed by atoms with Gasteiger partial charge < -0.3 is 14.0 Å². The first-order valence-electron chi connectivity index (χ1n) is 9.19. The molecular weight excluding hydrogens is 316 g/mol. The fourth-order valence-corrected chi connectivity index (χ4v) is 3.82. The Morgan fingerprint density at radius 1 is 1.12 bits per heavy atom. The molecule has 0 N–H and O–H groups in total. The first kappa shape index (κ1) is 16.5. The third-order valence-corrected chi connectivity index (χ3v) is 5.13. The fraction of sp³-hybridized carbons (Fsp3) is 0.579. The van der Waals surface area contributed by atoms with E-state index in [1.165, 1.54) is 18.5 Å². The molecule has 0 unspecified atom stereocenters. The topological polar surface area (TPSA) is 52.4 Å². The van der Waals surface area contributed by atoms with Gasteiger partial charge in [-0.25, -0.2) is 4.98 Å². The summed E-state index contributed by atoms with van der Waals surface area (Å²) in [6.07, 6.45) is 9.84. The van der Waals surface area contributed by atoms with Gasteiger partial charge in [-0.1, -0.05) is 0 Å². The molecule has 0 spiro atoms. The number of rotatable bonds is 5. The summed E-state index contributed by atoms with van der Waals surface area (Å²) in [7, 11) is 0. The Bertz CT molecular complexity index is 654. The van der Waals surface area contributed by atoms with Crippen LogP contribution in [-0.2, 0) is 17.8 Å². The summed E-state index contributed by atoms with van der Waals surface area (Å²) in [5.74, 6) is 2.02. The van der Waals surface area contributed by atoms with Crippen LogP contribution < -0.4 is 4.74 Å². The van der Waals surface area contributed by atoms with E-state index in [9.17, 15) is 0 Å². The Hall–Kier alpha value is -1.92. The molecule has 25 heavy (non-hydrogen) atoms. The maximum absolute atomic E-state index is 5.99. The summed E-state index contributed by atoms with van der Waals surface area (Å²) < 4.78 is 13.8. The van der Waals surface area contributed by atoms with Crippen molar-refractivity contribution in [2.24, 2.45) is 11.8 Å². The van der Waals surface area contributed by atoms with Crippen molar-refractivity contribution in [1.29, 1.82) is 0 Å². The largest absolute Gasteiger partial charge is 0.492 e. The third kappa shape index (κ3) is 4.38. The van der Waals surface area contributed by atoms with Gasteiger partial charge in [0.15, 0.2) is 0 Å². The molecule has 4 heterocycles. The van der Waals surface area contributed by atoms with Crippen molar-refractivity contribution in [1.82, 2.24) is 19.4 Å². The van der Waals surface area contributed by atoms with Crippen molar-refractivity contribution >= 4 is 0 Å². The first-order chi connectivity index (χ1) is 12.4. The zero-order chi connectivity index (χ0) is 16.9. The third-order valence-electron chi connectivity index (χ3n) is 5.13. The number of nitrogens with zero attached hydrogens (tertiary/aromatic N) is 4. The summed E-state index contributed by atoms with van der Waals surface area (Å²) in [6, 6.07) is 3.87. The fourth-order valence-electron chi connectivity index (χ4n) is 3.82. The summed E-state index contributed by atoms with van der Waals surface area (Å²) in [6.45, 7) is 6.64. The lowest BCUT2D eigenvalue weighted by atomic mass is 9.99. The summed E-state index contributed by atoms with van der Waals surface area (Å²) in [4.78, 5) is 11.0.